The van der Waals surface area contributed by atoms with Crippen molar-refractivity contribution in [3.05, 3.63) is 77.6 Å². The van der Waals surface area contributed by atoms with Crippen molar-refractivity contribution in [2.24, 2.45) is 0 Å². The first-order chi connectivity index (χ1) is 16.0. The predicted molar refractivity (Wildman–Crippen MR) is 124 cm³/mol. The van der Waals surface area contributed by atoms with Gasteiger partial charge >= 0.3 is 5.97 Å². The van der Waals surface area contributed by atoms with Crippen LogP contribution in [0.3, 0.4) is 0 Å². The fourth-order valence-electron chi connectivity index (χ4n) is 3.72. The van der Waals surface area contributed by atoms with Crippen molar-refractivity contribution >= 4 is 5.97 Å². The third-order valence-corrected chi connectivity index (χ3v) is 5.42. The van der Waals surface area contributed by atoms with Gasteiger partial charge in [0.2, 0.25) is 5.82 Å². The molecule has 168 valence electrons. The van der Waals surface area contributed by atoms with Crippen LogP contribution in [0.15, 0.2) is 65.3 Å². The van der Waals surface area contributed by atoms with Gasteiger partial charge in [-0.05, 0) is 66.3 Å². The third-order valence-electron chi connectivity index (χ3n) is 5.42. The van der Waals surface area contributed by atoms with Gasteiger partial charge in [0.1, 0.15) is 0 Å². The van der Waals surface area contributed by atoms with Gasteiger partial charge in [-0.2, -0.15) is 4.98 Å². The van der Waals surface area contributed by atoms with Crippen LogP contribution in [0, 0.1) is 6.92 Å². The summed E-state index contributed by atoms with van der Waals surface area (Å²) in [6, 6.07) is 18.0. The molecule has 4 aromatic rings. The van der Waals surface area contributed by atoms with Crippen LogP contribution in [0.1, 0.15) is 29.7 Å². The summed E-state index contributed by atoms with van der Waals surface area (Å²) in [6.45, 7) is 2.56. The van der Waals surface area contributed by atoms with Crippen LogP contribution in [0.4, 0.5) is 0 Å². The first-order valence-electron chi connectivity index (χ1n) is 10.7. The van der Waals surface area contributed by atoms with Crippen molar-refractivity contribution in [1.29, 1.82) is 0 Å². The smallest absolute Gasteiger partial charge is 0.303 e. The fourth-order valence-corrected chi connectivity index (χ4v) is 3.72. The Bertz CT molecular complexity index is 1250. The maximum atomic E-state index is 10.7. The molecule has 0 bridgehead atoms. The number of hydrogen-bond donors (Lipinski definition) is 1. The minimum Gasteiger partial charge on any atom is -0.481 e. The van der Waals surface area contributed by atoms with E-state index in [1.807, 2.05) is 36.4 Å². The van der Waals surface area contributed by atoms with Crippen molar-refractivity contribution in [2.75, 3.05) is 7.11 Å². The number of carboxylic acid groups (broad SMARTS) is 1. The number of pyridine rings is 1. The molecule has 7 heteroatoms. The first-order valence-corrected chi connectivity index (χ1v) is 10.7. The summed E-state index contributed by atoms with van der Waals surface area (Å²) in [6.07, 6.45) is 2.98. The van der Waals surface area contributed by atoms with E-state index in [9.17, 15) is 4.79 Å². The van der Waals surface area contributed by atoms with E-state index in [4.69, 9.17) is 14.4 Å². The zero-order chi connectivity index (χ0) is 23.2. The highest BCUT2D eigenvalue weighted by Gasteiger charge is 2.15. The SMILES string of the molecule is COCc1cc(-c2nc(-c3ccc(CCCC(=O)O)nc3)no2)ccc1-c1ccccc1C. The largest absolute Gasteiger partial charge is 0.481 e. The molecule has 0 fully saturated rings. The molecule has 0 spiro atoms. The zero-order valence-corrected chi connectivity index (χ0v) is 18.6. The predicted octanol–water partition coefficient (Wildman–Crippen LogP) is 5.33. The number of benzene rings is 2. The second kappa shape index (κ2) is 10.2. The van der Waals surface area contributed by atoms with Gasteiger partial charge in [0, 0.05) is 36.5 Å². The maximum absolute atomic E-state index is 10.7. The van der Waals surface area contributed by atoms with Gasteiger partial charge in [0.15, 0.2) is 0 Å². The number of aromatic nitrogens is 3. The quantitative estimate of drug-likeness (QED) is 0.373. The average molecular weight is 444 g/mol. The van der Waals surface area contributed by atoms with Crippen LogP contribution in [0.2, 0.25) is 0 Å². The Morgan fingerprint density at radius 1 is 1.06 bits per heavy atom. The Kier molecular flexibility index (Phi) is 6.90. The van der Waals surface area contributed by atoms with Crippen LogP contribution in [0.25, 0.3) is 34.0 Å². The van der Waals surface area contributed by atoms with Gasteiger partial charge in [0.25, 0.3) is 5.89 Å². The number of aryl methyl sites for hydroxylation is 2. The molecule has 0 aliphatic rings. The van der Waals surface area contributed by atoms with Gasteiger partial charge in [-0.3, -0.25) is 9.78 Å². The highest BCUT2D eigenvalue weighted by molar-refractivity contribution is 5.74. The standard InChI is InChI=1S/C26H25N3O4/c1-17-6-3-4-8-22(17)23-13-11-18(14-20(23)16-32-2)26-28-25(29-33-26)19-10-12-21(27-15-19)7-5-9-24(30)31/h3-4,6,8,10-15H,5,7,9,16H2,1-2H3,(H,30,31). The van der Waals surface area contributed by atoms with Crippen LogP contribution < -0.4 is 0 Å². The summed E-state index contributed by atoms with van der Waals surface area (Å²) in [4.78, 5) is 19.6. The minimum absolute atomic E-state index is 0.130. The lowest BCUT2D eigenvalue weighted by Gasteiger charge is -2.12. The summed E-state index contributed by atoms with van der Waals surface area (Å²) in [5, 5.41) is 12.9. The molecule has 2 heterocycles. The summed E-state index contributed by atoms with van der Waals surface area (Å²) in [7, 11) is 1.68. The maximum Gasteiger partial charge on any atom is 0.303 e. The number of carboxylic acids is 1. The van der Waals surface area contributed by atoms with Crippen molar-refractivity contribution in [3.8, 4) is 34.0 Å². The second-order valence-electron chi connectivity index (χ2n) is 7.83. The molecule has 0 aliphatic heterocycles. The lowest BCUT2D eigenvalue weighted by Crippen LogP contribution is -1.97. The lowest BCUT2D eigenvalue weighted by atomic mass is 9.94. The molecule has 2 aromatic heterocycles. The molecule has 4 rings (SSSR count). The molecular weight excluding hydrogens is 418 g/mol. The molecular formula is C26H25N3O4. The molecule has 0 aliphatic carbocycles. The van der Waals surface area contributed by atoms with Crippen molar-refractivity contribution in [2.45, 2.75) is 32.8 Å². The van der Waals surface area contributed by atoms with E-state index in [1.165, 1.54) is 5.56 Å². The van der Waals surface area contributed by atoms with E-state index < -0.39 is 5.97 Å². The summed E-state index contributed by atoms with van der Waals surface area (Å²) < 4.78 is 11.0. The molecule has 33 heavy (non-hydrogen) atoms. The minimum atomic E-state index is -0.800. The van der Waals surface area contributed by atoms with Gasteiger partial charge in [0.05, 0.1) is 6.61 Å². The number of ether oxygens (including phenoxy) is 1. The van der Waals surface area contributed by atoms with Gasteiger partial charge in [-0.25, -0.2) is 0 Å². The average Bonchev–Trinajstić information content (AvgIpc) is 3.30. The zero-order valence-electron chi connectivity index (χ0n) is 18.6. The number of rotatable bonds is 9. The number of hydrogen-bond acceptors (Lipinski definition) is 6. The normalized spacial score (nSPS) is 11.0. The van der Waals surface area contributed by atoms with E-state index in [0.29, 0.717) is 31.2 Å². The number of nitrogens with zero attached hydrogens (tertiary/aromatic N) is 3. The first kappa shape index (κ1) is 22.4. The fraction of sp³-hybridized carbons (Fsp3) is 0.231. The van der Waals surface area contributed by atoms with Crippen LogP contribution in [-0.2, 0) is 22.6 Å². The topological polar surface area (TPSA) is 98.3 Å². The van der Waals surface area contributed by atoms with E-state index >= 15 is 0 Å². The number of methoxy groups -OCH3 is 1. The van der Waals surface area contributed by atoms with Crippen molar-refractivity contribution in [3.63, 3.8) is 0 Å². The molecule has 0 saturated heterocycles. The third kappa shape index (κ3) is 5.32. The molecule has 0 radical (unpaired) electrons. The monoisotopic (exact) mass is 443 g/mol. The van der Waals surface area contributed by atoms with Crippen LogP contribution in [-0.4, -0.2) is 33.3 Å². The summed E-state index contributed by atoms with van der Waals surface area (Å²) in [5.74, 6) is 0.0709. The van der Waals surface area contributed by atoms with E-state index in [0.717, 1.165) is 33.5 Å². The highest BCUT2D eigenvalue weighted by atomic mass is 16.5. The van der Waals surface area contributed by atoms with Crippen LogP contribution >= 0.6 is 0 Å². The Hall–Kier alpha value is -3.84. The molecule has 0 saturated carbocycles. The van der Waals surface area contributed by atoms with Crippen LogP contribution in [0.5, 0.6) is 0 Å². The Morgan fingerprint density at radius 2 is 1.88 bits per heavy atom. The molecule has 0 amide bonds. The lowest BCUT2D eigenvalue weighted by molar-refractivity contribution is -0.137. The second-order valence-corrected chi connectivity index (χ2v) is 7.83. The molecule has 1 N–H and O–H groups in total. The highest BCUT2D eigenvalue weighted by Crippen LogP contribution is 2.31. The summed E-state index contributed by atoms with van der Waals surface area (Å²) >= 11 is 0. The number of carbonyl (C=O) groups is 1. The molecule has 0 unspecified atom stereocenters. The molecule has 0 atom stereocenters. The molecule has 2 aromatic carbocycles. The number of aliphatic carboxylic acids is 1. The van der Waals surface area contributed by atoms with E-state index in [-0.39, 0.29) is 6.42 Å². The van der Waals surface area contributed by atoms with Crippen molar-refractivity contribution in [1.82, 2.24) is 15.1 Å². The van der Waals surface area contributed by atoms with Gasteiger partial charge in [-0.1, -0.05) is 35.5 Å². The Balaban J connectivity index is 1.56. The van der Waals surface area contributed by atoms with E-state index in [1.54, 1.807) is 13.3 Å². The van der Waals surface area contributed by atoms with Gasteiger partial charge in [-0.15, -0.1) is 0 Å². The molecule has 7 nitrogen and oxygen atoms in total. The summed E-state index contributed by atoms with van der Waals surface area (Å²) in [5.41, 5.74) is 6.90. The van der Waals surface area contributed by atoms with Gasteiger partial charge < -0.3 is 14.4 Å². The Labute approximate surface area is 192 Å². The van der Waals surface area contributed by atoms with Crippen molar-refractivity contribution < 1.29 is 19.2 Å². The van der Waals surface area contributed by atoms with E-state index in [2.05, 4.69) is 40.2 Å². The Morgan fingerprint density at radius 3 is 2.61 bits per heavy atom.